The molecule has 0 radical (unpaired) electrons. The third-order valence-corrected chi connectivity index (χ3v) is 7.00. The van der Waals surface area contributed by atoms with E-state index in [-0.39, 0.29) is 5.78 Å². The molecule has 5 aromatic rings. The Labute approximate surface area is 228 Å². The molecular weight excluding hydrogens is 484 g/mol. The molecule has 194 valence electrons. The Kier molecular flexibility index (Phi) is 7.50. The molecule has 0 aliphatic heterocycles. The maximum atomic E-state index is 13.4. The van der Waals surface area contributed by atoms with E-state index in [1.165, 1.54) is 0 Å². The van der Waals surface area contributed by atoms with E-state index in [2.05, 4.69) is 35.4 Å². The molecule has 0 bridgehead atoms. The number of aromatic nitrogens is 1. The van der Waals surface area contributed by atoms with Crippen LogP contribution in [0.3, 0.4) is 0 Å². The lowest BCUT2D eigenvalue weighted by Crippen LogP contribution is -2.06. The zero-order valence-electron chi connectivity index (χ0n) is 22.2. The van der Waals surface area contributed by atoms with Gasteiger partial charge in [-0.2, -0.15) is 0 Å². The molecule has 1 aromatic heterocycles. The summed E-state index contributed by atoms with van der Waals surface area (Å²) in [7, 11) is 0. The minimum absolute atomic E-state index is 0.00427. The fourth-order valence-electron chi connectivity index (χ4n) is 4.95. The fraction of sp³-hybridized carbons (Fsp3) is 0.147. The van der Waals surface area contributed by atoms with Crippen molar-refractivity contribution in [1.82, 2.24) is 4.57 Å². The number of ketones is 1. The third-order valence-electron chi connectivity index (χ3n) is 7.00. The largest absolute Gasteiger partial charge is 0.365 e. The molecule has 4 aromatic carbocycles. The highest BCUT2D eigenvalue weighted by molar-refractivity contribution is 6.16. The van der Waals surface area contributed by atoms with Gasteiger partial charge in [0.2, 0.25) is 0 Å². The molecule has 5 heteroatoms. The second-order valence-electron chi connectivity index (χ2n) is 9.46. The van der Waals surface area contributed by atoms with Crippen molar-refractivity contribution < 1.29 is 14.4 Å². The quantitative estimate of drug-likeness (QED) is 0.0661. The van der Waals surface area contributed by atoms with Crippen molar-refractivity contribution in [2.24, 2.45) is 5.16 Å². The number of benzene rings is 4. The van der Waals surface area contributed by atoms with E-state index < -0.39 is 5.97 Å². The highest BCUT2D eigenvalue weighted by Crippen LogP contribution is 2.32. The summed E-state index contributed by atoms with van der Waals surface area (Å²) in [4.78, 5) is 31.3. The summed E-state index contributed by atoms with van der Waals surface area (Å²) in [6, 6.07) is 28.5. The molecular formula is C34H30N2O3. The molecule has 0 amide bonds. The molecule has 0 atom stereocenters. The molecule has 0 saturated carbocycles. The van der Waals surface area contributed by atoms with Crippen molar-refractivity contribution in [3.05, 3.63) is 131 Å². The number of hydrogen-bond acceptors (Lipinski definition) is 4. The third kappa shape index (κ3) is 5.16. The molecule has 39 heavy (non-hydrogen) atoms. The Morgan fingerprint density at radius 1 is 0.846 bits per heavy atom. The van der Waals surface area contributed by atoms with Crippen molar-refractivity contribution in [2.45, 2.75) is 33.2 Å². The number of fused-ring (bicyclic) bond motifs is 3. The number of aryl methyl sites for hydroxylation is 2. The first-order chi connectivity index (χ1) is 19.0. The SMILES string of the molecule is C=CCC/C(=N\OC(=O)c1ccccc1)c1ccc2c(c1)c1cc(C(=O)c3ccccc3C)ccc1n2CC. The summed E-state index contributed by atoms with van der Waals surface area (Å²) in [5.41, 5.74) is 6.39. The van der Waals surface area contributed by atoms with Crippen molar-refractivity contribution in [1.29, 1.82) is 0 Å². The van der Waals surface area contributed by atoms with E-state index in [1.807, 2.05) is 67.6 Å². The van der Waals surface area contributed by atoms with Crippen LogP contribution >= 0.6 is 0 Å². The van der Waals surface area contributed by atoms with Gasteiger partial charge in [0.05, 0.1) is 11.3 Å². The minimum Gasteiger partial charge on any atom is -0.341 e. The van der Waals surface area contributed by atoms with Crippen molar-refractivity contribution in [2.75, 3.05) is 0 Å². The average Bonchev–Trinajstić information content (AvgIpc) is 3.29. The van der Waals surface area contributed by atoms with E-state index in [4.69, 9.17) is 4.84 Å². The molecule has 0 saturated heterocycles. The molecule has 0 N–H and O–H groups in total. The Bertz CT molecular complexity index is 1730. The lowest BCUT2D eigenvalue weighted by Gasteiger charge is -2.07. The molecule has 5 rings (SSSR count). The zero-order valence-corrected chi connectivity index (χ0v) is 22.2. The number of carbonyl (C=O) groups is 2. The average molecular weight is 515 g/mol. The van der Waals surface area contributed by atoms with Crippen LogP contribution in [0.4, 0.5) is 0 Å². The number of nitrogens with zero attached hydrogens (tertiary/aromatic N) is 2. The number of carbonyl (C=O) groups excluding carboxylic acids is 2. The molecule has 0 spiro atoms. The van der Waals surface area contributed by atoms with Gasteiger partial charge < -0.3 is 9.40 Å². The van der Waals surface area contributed by atoms with Crippen LogP contribution in [0, 0.1) is 6.92 Å². The summed E-state index contributed by atoms with van der Waals surface area (Å²) in [6.45, 7) is 8.69. The van der Waals surface area contributed by atoms with E-state index in [0.717, 1.165) is 39.5 Å². The number of allylic oxidation sites excluding steroid dienone is 1. The van der Waals surface area contributed by atoms with Crippen LogP contribution < -0.4 is 0 Å². The van der Waals surface area contributed by atoms with Crippen LogP contribution in [0.5, 0.6) is 0 Å². The first-order valence-corrected chi connectivity index (χ1v) is 13.1. The smallest absolute Gasteiger partial charge is 0.341 e. The fourth-order valence-corrected chi connectivity index (χ4v) is 4.95. The first kappa shape index (κ1) is 25.9. The van der Waals surface area contributed by atoms with Gasteiger partial charge >= 0.3 is 5.97 Å². The molecule has 5 nitrogen and oxygen atoms in total. The number of hydrogen-bond donors (Lipinski definition) is 0. The van der Waals surface area contributed by atoms with Crippen LogP contribution in [-0.2, 0) is 11.4 Å². The van der Waals surface area contributed by atoms with Crippen LogP contribution in [0.1, 0.15) is 57.2 Å². The summed E-state index contributed by atoms with van der Waals surface area (Å²) in [6.07, 6.45) is 3.07. The van der Waals surface area contributed by atoms with Gasteiger partial charge in [-0.25, -0.2) is 4.79 Å². The molecule has 0 aliphatic rings. The van der Waals surface area contributed by atoms with Crippen LogP contribution in [-0.4, -0.2) is 22.0 Å². The van der Waals surface area contributed by atoms with Crippen molar-refractivity contribution in [3.8, 4) is 0 Å². The number of oxime groups is 1. The van der Waals surface area contributed by atoms with Crippen LogP contribution in [0.2, 0.25) is 0 Å². The summed E-state index contributed by atoms with van der Waals surface area (Å²) in [5.74, 6) is -0.501. The van der Waals surface area contributed by atoms with E-state index >= 15 is 0 Å². The van der Waals surface area contributed by atoms with Gasteiger partial charge in [0, 0.05) is 45.0 Å². The predicted molar refractivity (Wildman–Crippen MR) is 158 cm³/mol. The Morgan fingerprint density at radius 2 is 1.49 bits per heavy atom. The first-order valence-electron chi connectivity index (χ1n) is 13.1. The Hall–Kier alpha value is -4.77. The van der Waals surface area contributed by atoms with E-state index in [9.17, 15) is 9.59 Å². The Balaban J connectivity index is 1.59. The molecule has 0 unspecified atom stereocenters. The van der Waals surface area contributed by atoms with Crippen LogP contribution in [0.25, 0.3) is 21.8 Å². The van der Waals surface area contributed by atoms with Crippen LogP contribution in [0.15, 0.2) is 109 Å². The summed E-state index contributed by atoms with van der Waals surface area (Å²) >= 11 is 0. The maximum absolute atomic E-state index is 13.4. The molecule has 1 heterocycles. The van der Waals surface area contributed by atoms with E-state index in [1.54, 1.807) is 24.3 Å². The standard InChI is InChI=1S/C34H30N2O3/c1-4-6-16-30(35-39-34(38)24-13-8-7-9-14-24)25-17-19-31-28(21-25)29-22-26(18-20-32(29)36(31)5-2)33(37)27-15-11-10-12-23(27)3/h4,7-15,17-22H,1,5-6,16H2,2-3H3/b35-30+. The second kappa shape index (κ2) is 11.3. The zero-order chi connectivity index (χ0) is 27.4. The van der Waals surface area contributed by atoms with Gasteiger partial charge in [0.15, 0.2) is 5.78 Å². The van der Waals surface area contributed by atoms with Gasteiger partial charge in [-0.05, 0) is 74.7 Å². The molecule has 0 aliphatic carbocycles. The molecule has 0 fully saturated rings. The monoisotopic (exact) mass is 514 g/mol. The van der Waals surface area contributed by atoms with Gasteiger partial charge in [0.25, 0.3) is 0 Å². The van der Waals surface area contributed by atoms with Gasteiger partial charge in [-0.1, -0.05) is 59.8 Å². The summed E-state index contributed by atoms with van der Waals surface area (Å²) in [5, 5.41) is 6.29. The van der Waals surface area contributed by atoms with Gasteiger partial charge in [-0.3, -0.25) is 4.79 Å². The number of rotatable bonds is 9. The topological polar surface area (TPSA) is 60.7 Å². The lowest BCUT2D eigenvalue weighted by molar-refractivity contribution is 0.0515. The second-order valence-corrected chi connectivity index (χ2v) is 9.46. The minimum atomic E-state index is -0.505. The van der Waals surface area contributed by atoms with Gasteiger partial charge in [-0.15, -0.1) is 6.58 Å². The van der Waals surface area contributed by atoms with Gasteiger partial charge in [0.1, 0.15) is 0 Å². The maximum Gasteiger partial charge on any atom is 0.365 e. The highest BCUT2D eigenvalue weighted by Gasteiger charge is 2.17. The van der Waals surface area contributed by atoms with E-state index in [0.29, 0.717) is 35.2 Å². The Morgan fingerprint density at radius 3 is 2.15 bits per heavy atom. The lowest BCUT2D eigenvalue weighted by atomic mass is 9.97. The van der Waals surface area contributed by atoms with Crippen molar-refractivity contribution in [3.63, 3.8) is 0 Å². The summed E-state index contributed by atoms with van der Waals surface area (Å²) < 4.78 is 2.24. The highest BCUT2D eigenvalue weighted by atomic mass is 16.7. The predicted octanol–water partition coefficient (Wildman–Crippen LogP) is 7.88. The normalized spacial score (nSPS) is 11.6. The van der Waals surface area contributed by atoms with Crippen molar-refractivity contribution >= 4 is 39.3 Å².